The first-order valence-electron chi connectivity index (χ1n) is 10.9. The molecule has 32 heavy (non-hydrogen) atoms. The first-order valence-corrected chi connectivity index (χ1v) is 10.9. The minimum absolute atomic E-state index is 0.0373. The Labute approximate surface area is 191 Å². The standard InChI is InChI=1S/C24H38N2O6/c1-15(2)21(29)31-10-8-17-12-23(5,6)14-24(7,19(17)20(25)28)13-18(27)26-9-11-32-22(30)16(3)4/h17,19H,1,3,8-14H2,2,4-7H3,(H2,25,28)(H,26,27). The maximum atomic E-state index is 12.7. The van der Waals surface area contributed by atoms with Crippen molar-refractivity contribution in [3.63, 3.8) is 0 Å². The summed E-state index contributed by atoms with van der Waals surface area (Å²) < 4.78 is 10.2. The Morgan fingerprint density at radius 2 is 1.53 bits per heavy atom. The van der Waals surface area contributed by atoms with Crippen LogP contribution < -0.4 is 11.1 Å². The molecule has 0 bridgehead atoms. The zero-order valence-corrected chi connectivity index (χ0v) is 20.0. The van der Waals surface area contributed by atoms with Gasteiger partial charge < -0.3 is 20.5 Å². The number of nitrogens with two attached hydrogens (primary N) is 1. The number of nitrogens with one attached hydrogen (secondary N) is 1. The van der Waals surface area contributed by atoms with Crippen molar-refractivity contribution >= 4 is 23.8 Å². The molecule has 2 amide bonds. The van der Waals surface area contributed by atoms with Crippen LogP contribution in [0.2, 0.25) is 0 Å². The Morgan fingerprint density at radius 3 is 2.03 bits per heavy atom. The van der Waals surface area contributed by atoms with Crippen molar-refractivity contribution in [1.29, 1.82) is 0 Å². The SMILES string of the molecule is C=C(C)C(=O)OCCNC(=O)CC1(C)CC(C)(C)CC(CCOC(=O)C(=C)C)C1C(N)=O. The third-order valence-electron chi connectivity index (χ3n) is 5.87. The molecular formula is C24H38N2O6. The normalized spacial score (nSPS) is 24.2. The number of hydrogen-bond acceptors (Lipinski definition) is 6. The maximum absolute atomic E-state index is 12.7. The highest BCUT2D eigenvalue weighted by Gasteiger charge is 2.51. The van der Waals surface area contributed by atoms with Gasteiger partial charge in [0.2, 0.25) is 11.8 Å². The van der Waals surface area contributed by atoms with E-state index in [0.29, 0.717) is 18.4 Å². The second kappa shape index (κ2) is 11.3. The van der Waals surface area contributed by atoms with Crippen LogP contribution in [0, 0.1) is 22.7 Å². The Hall–Kier alpha value is -2.64. The van der Waals surface area contributed by atoms with Gasteiger partial charge in [-0.05, 0) is 49.9 Å². The molecule has 8 nitrogen and oxygen atoms in total. The van der Waals surface area contributed by atoms with E-state index < -0.39 is 29.2 Å². The lowest BCUT2D eigenvalue weighted by molar-refractivity contribution is -0.143. The largest absolute Gasteiger partial charge is 0.462 e. The van der Waals surface area contributed by atoms with Gasteiger partial charge in [-0.15, -0.1) is 0 Å². The summed E-state index contributed by atoms with van der Waals surface area (Å²) in [5.41, 5.74) is 5.63. The van der Waals surface area contributed by atoms with E-state index in [0.717, 1.165) is 6.42 Å². The monoisotopic (exact) mass is 450 g/mol. The Kier molecular flexibility index (Phi) is 9.67. The first-order chi connectivity index (χ1) is 14.7. The summed E-state index contributed by atoms with van der Waals surface area (Å²) >= 11 is 0. The predicted molar refractivity (Wildman–Crippen MR) is 121 cm³/mol. The second-order valence-electron chi connectivity index (χ2n) is 9.99. The van der Waals surface area contributed by atoms with E-state index in [1.54, 1.807) is 13.8 Å². The fraction of sp³-hybridized carbons (Fsp3) is 0.667. The zero-order valence-electron chi connectivity index (χ0n) is 20.0. The van der Waals surface area contributed by atoms with E-state index in [-0.39, 0.29) is 49.0 Å². The smallest absolute Gasteiger partial charge is 0.333 e. The van der Waals surface area contributed by atoms with Gasteiger partial charge in [-0.25, -0.2) is 9.59 Å². The number of amides is 2. The molecular weight excluding hydrogens is 412 g/mol. The van der Waals surface area contributed by atoms with E-state index in [9.17, 15) is 19.2 Å². The van der Waals surface area contributed by atoms with Gasteiger partial charge in [-0.2, -0.15) is 0 Å². The van der Waals surface area contributed by atoms with Crippen molar-refractivity contribution in [3.05, 3.63) is 24.3 Å². The van der Waals surface area contributed by atoms with Crippen LogP contribution in [-0.4, -0.2) is 43.5 Å². The van der Waals surface area contributed by atoms with E-state index in [4.69, 9.17) is 15.2 Å². The van der Waals surface area contributed by atoms with Crippen LogP contribution in [0.25, 0.3) is 0 Å². The van der Waals surface area contributed by atoms with Gasteiger partial charge in [0.15, 0.2) is 0 Å². The van der Waals surface area contributed by atoms with Gasteiger partial charge in [0.25, 0.3) is 0 Å². The number of esters is 2. The minimum Gasteiger partial charge on any atom is -0.462 e. The Bertz CT molecular complexity index is 772. The van der Waals surface area contributed by atoms with Crippen LogP contribution in [0.5, 0.6) is 0 Å². The molecule has 0 aliphatic heterocycles. The zero-order chi connectivity index (χ0) is 24.7. The average molecular weight is 451 g/mol. The van der Waals surface area contributed by atoms with Gasteiger partial charge >= 0.3 is 11.9 Å². The third-order valence-corrected chi connectivity index (χ3v) is 5.87. The molecule has 8 heteroatoms. The van der Waals surface area contributed by atoms with Crippen LogP contribution in [0.1, 0.15) is 60.3 Å². The molecule has 1 aliphatic rings. The molecule has 0 aromatic carbocycles. The quantitative estimate of drug-likeness (QED) is 0.283. The van der Waals surface area contributed by atoms with Gasteiger partial charge in [-0.3, -0.25) is 9.59 Å². The van der Waals surface area contributed by atoms with Gasteiger partial charge in [0.05, 0.1) is 13.2 Å². The van der Waals surface area contributed by atoms with Gasteiger partial charge in [-0.1, -0.05) is 33.9 Å². The molecule has 1 fully saturated rings. The average Bonchev–Trinajstić information content (AvgIpc) is 2.62. The second-order valence-corrected chi connectivity index (χ2v) is 9.99. The topological polar surface area (TPSA) is 125 Å². The van der Waals surface area contributed by atoms with Crippen molar-refractivity contribution in [3.8, 4) is 0 Å². The van der Waals surface area contributed by atoms with Crippen LogP contribution in [0.4, 0.5) is 0 Å². The van der Waals surface area contributed by atoms with E-state index in [1.165, 1.54) is 0 Å². The Morgan fingerprint density at radius 1 is 1.00 bits per heavy atom. The van der Waals surface area contributed by atoms with Crippen molar-refractivity contribution in [1.82, 2.24) is 5.32 Å². The van der Waals surface area contributed by atoms with Crippen LogP contribution in [-0.2, 0) is 28.7 Å². The molecule has 0 spiro atoms. The van der Waals surface area contributed by atoms with Crippen molar-refractivity contribution in [2.45, 2.75) is 60.3 Å². The van der Waals surface area contributed by atoms with Crippen LogP contribution >= 0.6 is 0 Å². The number of rotatable bonds is 11. The lowest BCUT2D eigenvalue weighted by atomic mass is 9.53. The number of primary amides is 1. The predicted octanol–water partition coefficient (Wildman–Crippen LogP) is 2.67. The number of ether oxygens (including phenoxy) is 2. The lowest BCUT2D eigenvalue weighted by Crippen LogP contribution is -2.51. The maximum Gasteiger partial charge on any atom is 0.333 e. The molecule has 0 heterocycles. The van der Waals surface area contributed by atoms with Crippen LogP contribution in [0.3, 0.4) is 0 Å². The van der Waals surface area contributed by atoms with E-state index in [1.807, 2.05) is 6.92 Å². The lowest BCUT2D eigenvalue weighted by Gasteiger charge is -2.51. The number of carbonyl (C=O) groups excluding carboxylic acids is 4. The molecule has 0 radical (unpaired) electrons. The van der Waals surface area contributed by atoms with Crippen molar-refractivity contribution < 1.29 is 28.7 Å². The van der Waals surface area contributed by atoms with Crippen molar-refractivity contribution in [2.24, 2.45) is 28.4 Å². The van der Waals surface area contributed by atoms with Gasteiger partial charge in [0, 0.05) is 23.5 Å². The van der Waals surface area contributed by atoms with E-state index >= 15 is 0 Å². The summed E-state index contributed by atoms with van der Waals surface area (Å²) in [6, 6.07) is 0. The highest BCUT2D eigenvalue weighted by Crippen LogP contribution is 2.54. The molecule has 3 atom stereocenters. The fourth-order valence-electron chi connectivity index (χ4n) is 5.00. The summed E-state index contributed by atoms with van der Waals surface area (Å²) in [7, 11) is 0. The highest BCUT2D eigenvalue weighted by molar-refractivity contribution is 5.87. The molecule has 0 aromatic heterocycles. The minimum atomic E-state index is -0.658. The number of carbonyl (C=O) groups is 4. The summed E-state index contributed by atoms with van der Waals surface area (Å²) in [5, 5.41) is 2.74. The molecule has 0 saturated heterocycles. The molecule has 3 N–H and O–H groups in total. The molecule has 0 aromatic rings. The summed E-state index contributed by atoms with van der Waals surface area (Å²) in [4.78, 5) is 48.3. The summed E-state index contributed by atoms with van der Waals surface area (Å²) in [6.45, 7) is 16.7. The highest BCUT2D eigenvalue weighted by atomic mass is 16.5. The first kappa shape index (κ1) is 27.4. The molecule has 1 aliphatic carbocycles. The van der Waals surface area contributed by atoms with Gasteiger partial charge in [0.1, 0.15) is 6.61 Å². The summed E-state index contributed by atoms with van der Waals surface area (Å²) in [5.74, 6) is -2.33. The molecule has 3 unspecified atom stereocenters. The third kappa shape index (κ3) is 8.13. The molecule has 1 saturated carbocycles. The molecule has 180 valence electrons. The van der Waals surface area contributed by atoms with Crippen LogP contribution in [0.15, 0.2) is 24.3 Å². The number of hydrogen-bond donors (Lipinski definition) is 2. The molecule has 1 rings (SSSR count). The summed E-state index contributed by atoms with van der Waals surface area (Å²) in [6.07, 6.45) is 1.97. The fourth-order valence-corrected chi connectivity index (χ4v) is 5.00. The van der Waals surface area contributed by atoms with E-state index in [2.05, 4.69) is 32.3 Å². The van der Waals surface area contributed by atoms with Crippen molar-refractivity contribution in [2.75, 3.05) is 19.8 Å². The Balaban J connectivity index is 2.84.